The summed E-state index contributed by atoms with van der Waals surface area (Å²) in [7, 11) is 0. The van der Waals surface area contributed by atoms with Gasteiger partial charge in [-0.3, -0.25) is 0 Å². The van der Waals surface area contributed by atoms with Gasteiger partial charge in [-0.05, 0) is 160 Å². The largest absolute Gasteiger partial charge is 0.307 e. The summed E-state index contributed by atoms with van der Waals surface area (Å²) < 4.78 is 4.55. The van der Waals surface area contributed by atoms with E-state index >= 15 is 0 Å². The highest BCUT2D eigenvalue weighted by atomic mass is 15.1. The van der Waals surface area contributed by atoms with Crippen LogP contribution in [0.3, 0.4) is 0 Å². The minimum Gasteiger partial charge on any atom is -0.307 e. The van der Waals surface area contributed by atoms with Crippen molar-refractivity contribution in [1.82, 2.24) is 19.1 Å². The molecule has 0 spiro atoms. The Balaban J connectivity index is 1.10. The zero-order chi connectivity index (χ0) is 56.8. The zero-order valence-electron chi connectivity index (χ0n) is 44.7. The normalized spacial score (nSPS) is 11.0. The van der Waals surface area contributed by atoms with Crippen LogP contribution in [0.4, 0.5) is 0 Å². The van der Waals surface area contributed by atoms with Crippen molar-refractivity contribution in [1.29, 1.82) is 26.3 Å². The molecule has 9 heteroatoms. The lowest BCUT2D eigenvalue weighted by molar-refractivity contribution is 1.09. The molecule has 11 aromatic carbocycles. The van der Waals surface area contributed by atoms with E-state index in [9.17, 15) is 26.3 Å². The highest BCUT2D eigenvalue weighted by Crippen LogP contribution is 2.44. The Bertz CT molecular complexity index is 4910. The summed E-state index contributed by atoms with van der Waals surface area (Å²) in [6.45, 7) is 0. The number of nitrogens with zero attached hydrogens (tertiary/aromatic N) is 9. The Morgan fingerprint density at radius 3 is 0.929 bits per heavy atom. The Morgan fingerprint density at radius 1 is 0.262 bits per heavy atom. The topological polar surface area (TPSA) is 155 Å². The first-order valence-electron chi connectivity index (χ1n) is 27.1. The van der Waals surface area contributed by atoms with Gasteiger partial charge in [-0.15, -0.1) is 0 Å². The van der Waals surface area contributed by atoms with E-state index in [-0.39, 0.29) is 0 Å². The number of hydrogen-bond donors (Lipinski definition) is 0. The molecule has 0 unspecified atom stereocenters. The first-order valence-corrected chi connectivity index (χ1v) is 27.1. The molecule has 0 radical (unpaired) electrons. The number of rotatable bonds is 9. The van der Waals surface area contributed by atoms with Crippen LogP contribution >= 0.6 is 0 Å². The Morgan fingerprint density at radius 2 is 0.583 bits per heavy atom. The summed E-state index contributed by atoms with van der Waals surface area (Å²) >= 11 is 0. The standard InChI is InChI=1S/C75H41N9/c76-42-47-11-19-51(20-12-47)57-27-31-69-63(35-57)64-36-58(52-21-13-48(43-77)14-22-52)28-32-70(64)83(69)73-39-61(46-80)62(68-41-67(55-7-3-1-4-8-55)81-75(82-68)56-9-5-2-6-10-56)40-74(73)84-71-33-29-59(53-23-15-49(44-78)16-24-53)37-65(71)66-38-60(30-34-72(66)84)54-25-17-50(45-79)18-26-54/h1-41H. The van der Waals surface area contributed by atoms with Crippen LogP contribution < -0.4 is 0 Å². The van der Waals surface area contributed by atoms with Crippen molar-refractivity contribution < 1.29 is 0 Å². The van der Waals surface area contributed by atoms with E-state index in [0.29, 0.717) is 50.6 Å². The van der Waals surface area contributed by atoms with Gasteiger partial charge in [-0.25, -0.2) is 9.97 Å². The van der Waals surface area contributed by atoms with Crippen molar-refractivity contribution in [2.75, 3.05) is 0 Å². The van der Waals surface area contributed by atoms with Crippen LogP contribution in [0.1, 0.15) is 27.8 Å². The van der Waals surface area contributed by atoms with Gasteiger partial charge in [0.1, 0.15) is 0 Å². The van der Waals surface area contributed by atoms with Crippen LogP contribution in [0.15, 0.2) is 249 Å². The van der Waals surface area contributed by atoms with Gasteiger partial charge in [-0.2, -0.15) is 26.3 Å². The molecule has 14 aromatic rings. The van der Waals surface area contributed by atoms with E-state index in [1.807, 2.05) is 170 Å². The van der Waals surface area contributed by atoms with E-state index in [0.717, 1.165) is 111 Å². The van der Waals surface area contributed by atoms with Crippen LogP contribution in [0.5, 0.6) is 0 Å². The Labute approximate surface area is 483 Å². The minimum absolute atomic E-state index is 0.399. The maximum Gasteiger partial charge on any atom is 0.160 e. The van der Waals surface area contributed by atoms with Crippen LogP contribution in [0, 0.1) is 56.7 Å². The lowest BCUT2D eigenvalue weighted by Crippen LogP contribution is -2.06. The number of hydrogen-bond acceptors (Lipinski definition) is 7. The predicted octanol–water partition coefficient (Wildman–Crippen LogP) is 17.7. The van der Waals surface area contributed by atoms with Gasteiger partial charge in [0.05, 0.1) is 103 Å². The van der Waals surface area contributed by atoms with Crippen LogP contribution in [0.2, 0.25) is 0 Å². The predicted molar refractivity (Wildman–Crippen MR) is 332 cm³/mol. The summed E-state index contributed by atoms with van der Waals surface area (Å²) in [6.07, 6.45) is 0. The SMILES string of the molecule is N#Cc1ccc(-c2ccc3c(c2)c2cc(-c4ccc(C#N)cc4)ccc2n3-c2cc(C#N)c(-c3cc(-c4ccccc4)nc(-c4ccccc4)n3)cc2-n2c3ccc(-c4ccc(C#N)cc4)cc3c3cc(-c4ccc(C#N)cc4)ccc32)cc1. The summed E-state index contributed by atoms with van der Waals surface area (Å²) in [5.74, 6) is 0.516. The van der Waals surface area contributed by atoms with Crippen molar-refractivity contribution >= 4 is 43.6 Å². The Hall–Kier alpha value is -12.5. The molecule has 0 atom stereocenters. The molecule has 3 heterocycles. The van der Waals surface area contributed by atoms with E-state index in [2.05, 4.69) is 118 Å². The van der Waals surface area contributed by atoms with Crippen molar-refractivity contribution in [3.05, 3.63) is 277 Å². The molecular weight excluding hydrogens is 1030 g/mol. The third kappa shape index (κ3) is 8.72. The second-order valence-corrected chi connectivity index (χ2v) is 20.5. The third-order valence-corrected chi connectivity index (χ3v) is 15.7. The highest BCUT2D eigenvalue weighted by molar-refractivity contribution is 6.14. The fraction of sp³-hybridized carbons (Fsp3) is 0. The molecule has 0 N–H and O–H groups in total. The monoisotopic (exact) mass is 1070 g/mol. The lowest BCUT2D eigenvalue weighted by atomic mass is 9.99. The van der Waals surface area contributed by atoms with E-state index in [1.54, 1.807) is 0 Å². The van der Waals surface area contributed by atoms with Crippen molar-refractivity contribution in [2.45, 2.75) is 0 Å². The fourth-order valence-corrected chi connectivity index (χ4v) is 11.5. The average molecular weight is 1070 g/mol. The lowest BCUT2D eigenvalue weighted by Gasteiger charge is -2.20. The molecule has 0 amide bonds. The summed E-state index contributed by atoms with van der Waals surface area (Å²) in [5.41, 5.74) is 19.1. The quantitative estimate of drug-likeness (QED) is 0.139. The molecule has 0 saturated heterocycles. The van der Waals surface area contributed by atoms with Crippen LogP contribution in [-0.2, 0) is 0 Å². The van der Waals surface area contributed by atoms with E-state index in [1.165, 1.54) is 0 Å². The fourth-order valence-electron chi connectivity index (χ4n) is 11.5. The first kappa shape index (κ1) is 49.8. The van der Waals surface area contributed by atoms with Crippen LogP contribution in [-0.4, -0.2) is 19.1 Å². The smallest absolute Gasteiger partial charge is 0.160 e. The zero-order valence-corrected chi connectivity index (χ0v) is 44.7. The van der Waals surface area contributed by atoms with Crippen molar-refractivity contribution in [2.24, 2.45) is 0 Å². The molecular formula is C75H41N9. The number of benzene rings is 11. The molecule has 0 fully saturated rings. The van der Waals surface area contributed by atoms with E-state index < -0.39 is 0 Å². The molecule has 0 aliphatic carbocycles. The highest BCUT2D eigenvalue weighted by Gasteiger charge is 2.25. The van der Waals surface area contributed by atoms with Gasteiger partial charge in [-0.1, -0.05) is 133 Å². The van der Waals surface area contributed by atoms with E-state index in [4.69, 9.17) is 9.97 Å². The maximum atomic E-state index is 11.6. The molecule has 0 saturated carbocycles. The summed E-state index contributed by atoms with van der Waals surface area (Å²) in [4.78, 5) is 10.4. The average Bonchev–Trinajstić information content (AvgIpc) is 2.29. The van der Waals surface area contributed by atoms with Gasteiger partial charge in [0.25, 0.3) is 0 Å². The Kier molecular flexibility index (Phi) is 12.2. The summed E-state index contributed by atoms with van der Waals surface area (Å²) in [5, 5.41) is 54.3. The molecule has 0 aliphatic rings. The summed E-state index contributed by atoms with van der Waals surface area (Å²) in [6, 6.07) is 93.9. The maximum absolute atomic E-state index is 11.6. The second-order valence-electron chi connectivity index (χ2n) is 20.5. The number of aromatic nitrogens is 4. The minimum atomic E-state index is 0.399. The van der Waals surface area contributed by atoms with Crippen molar-refractivity contribution in [3.8, 4) is 120 Å². The third-order valence-electron chi connectivity index (χ3n) is 15.7. The van der Waals surface area contributed by atoms with Gasteiger partial charge >= 0.3 is 0 Å². The van der Waals surface area contributed by atoms with Crippen LogP contribution in [0.25, 0.3) is 133 Å². The molecule has 9 nitrogen and oxygen atoms in total. The molecule has 386 valence electrons. The molecule has 84 heavy (non-hydrogen) atoms. The molecule has 14 rings (SSSR count). The van der Waals surface area contributed by atoms with Gasteiger partial charge in [0.15, 0.2) is 5.82 Å². The second kappa shape index (κ2) is 20.7. The first-order chi connectivity index (χ1) is 41.4. The van der Waals surface area contributed by atoms with Gasteiger partial charge in [0.2, 0.25) is 0 Å². The molecule has 0 bridgehead atoms. The number of fused-ring (bicyclic) bond motifs is 6. The van der Waals surface area contributed by atoms with Crippen molar-refractivity contribution in [3.63, 3.8) is 0 Å². The van der Waals surface area contributed by atoms with Gasteiger partial charge < -0.3 is 9.13 Å². The molecule has 0 aliphatic heterocycles. The van der Waals surface area contributed by atoms with Gasteiger partial charge in [0, 0.05) is 38.2 Å². The number of nitriles is 5. The molecule has 3 aromatic heterocycles.